The second-order valence-corrected chi connectivity index (χ2v) is 7.53. The molecule has 1 aromatic carbocycles. The van der Waals surface area contributed by atoms with Gasteiger partial charge in [0, 0.05) is 24.8 Å². The minimum Gasteiger partial charge on any atom is -0.480 e. The van der Waals surface area contributed by atoms with E-state index >= 15 is 0 Å². The number of nitrogens with two attached hydrogens (primary N) is 1. The molecule has 0 aliphatic rings. The molecule has 0 aliphatic carbocycles. The molecule has 10 heteroatoms. The largest absolute Gasteiger partial charge is 0.480 e. The highest BCUT2D eigenvalue weighted by Gasteiger charge is 2.20. The number of amides is 2. The summed E-state index contributed by atoms with van der Waals surface area (Å²) in [5.41, 5.74) is 7.39. The fraction of sp³-hybridized carbons (Fsp3) is 0.364. The average molecular weight is 438 g/mol. The highest BCUT2D eigenvalue weighted by Crippen LogP contribution is 2.18. The van der Waals surface area contributed by atoms with Crippen molar-refractivity contribution in [2.45, 2.75) is 51.1 Å². The molecule has 2 aromatic heterocycles. The highest BCUT2D eigenvalue weighted by molar-refractivity contribution is 5.84. The number of hydrogen-bond acceptors (Lipinski definition) is 6. The van der Waals surface area contributed by atoms with Crippen LogP contribution in [0.25, 0.3) is 22.3 Å². The summed E-state index contributed by atoms with van der Waals surface area (Å²) >= 11 is 0. The molecule has 0 spiro atoms. The molecule has 3 rings (SSSR count). The van der Waals surface area contributed by atoms with Crippen LogP contribution in [-0.4, -0.2) is 48.9 Å². The van der Waals surface area contributed by atoms with Gasteiger partial charge in [-0.1, -0.05) is 35.9 Å². The molecule has 0 bridgehead atoms. The van der Waals surface area contributed by atoms with Crippen molar-refractivity contribution in [3.63, 3.8) is 0 Å². The maximum absolute atomic E-state index is 12.0. The lowest BCUT2D eigenvalue weighted by Crippen LogP contribution is -2.41. The molecule has 4 N–H and O–H groups in total. The van der Waals surface area contributed by atoms with Crippen LogP contribution in [0.15, 0.2) is 42.6 Å². The number of carboxylic acid groups (broad SMARTS) is 1. The Morgan fingerprint density at radius 1 is 1.03 bits per heavy atom. The van der Waals surface area contributed by atoms with Crippen molar-refractivity contribution in [2.75, 3.05) is 0 Å². The van der Waals surface area contributed by atoms with E-state index in [-0.39, 0.29) is 25.2 Å². The normalized spacial score (nSPS) is 11.9. The van der Waals surface area contributed by atoms with Crippen molar-refractivity contribution in [3.8, 4) is 11.4 Å². The summed E-state index contributed by atoms with van der Waals surface area (Å²) in [6, 6.07) is 10.7. The third kappa shape index (κ3) is 6.59. The smallest absolute Gasteiger partial charge is 0.326 e. The van der Waals surface area contributed by atoms with Crippen LogP contribution in [-0.2, 0) is 20.9 Å². The average Bonchev–Trinajstić information content (AvgIpc) is 3.24. The Hall–Kier alpha value is -3.82. The number of hydrogen-bond donors (Lipinski definition) is 3. The molecule has 3 aromatic rings. The van der Waals surface area contributed by atoms with Crippen molar-refractivity contribution < 1.29 is 19.5 Å². The van der Waals surface area contributed by atoms with Crippen LogP contribution in [0.4, 0.5) is 0 Å². The number of aryl methyl sites for hydroxylation is 1. The summed E-state index contributed by atoms with van der Waals surface area (Å²) in [5.74, 6) is -2.13. The van der Waals surface area contributed by atoms with E-state index in [0.29, 0.717) is 18.7 Å². The summed E-state index contributed by atoms with van der Waals surface area (Å²) < 4.78 is 1.75. The van der Waals surface area contributed by atoms with Gasteiger partial charge in [0.15, 0.2) is 0 Å². The molecule has 2 amide bonds. The van der Waals surface area contributed by atoms with Crippen LogP contribution in [0, 0.1) is 0 Å². The summed E-state index contributed by atoms with van der Waals surface area (Å²) in [5, 5.41) is 21.0. The number of nitrogens with one attached hydrogen (secondary N) is 1. The summed E-state index contributed by atoms with van der Waals surface area (Å²) in [4.78, 5) is 38.6. The van der Waals surface area contributed by atoms with Crippen LogP contribution in [0.3, 0.4) is 0 Å². The van der Waals surface area contributed by atoms with Crippen LogP contribution in [0.1, 0.15) is 38.5 Å². The fourth-order valence-corrected chi connectivity index (χ4v) is 3.28. The van der Waals surface area contributed by atoms with Gasteiger partial charge < -0.3 is 16.2 Å². The Balaban J connectivity index is 1.40. The number of aromatic nitrogens is 4. The minimum absolute atomic E-state index is 0.0168. The molecule has 0 saturated heterocycles. The first kappa shape index (κ1) is 22.9. The number of benzene rings is 1. The lowest BCUT2D eigenvalue weighted by molar-refractivity contribution is -0.142. The maximum Gasteiger partial charge on any atom is 0.326 e. The number of primary amides is 1. The van der Waals surface area contributed by atoms with E-state index in [4.69, 9.17) is 10.8 Å². The Labute approximate surface area is 184 Å². The first-order chi connectivity index (χ1) is 15.4. The number of aliphatic carboxylic acids is 1. The third-order valence-corrected chi connectivity index (χ3v) is 5.00. The van der Waals surface area contributed by atoms with E-state index in [9.17, 15) is 14.4 Å². The van der Waals surface area contributed by atoms with Crippen molar-refractivity contribution >= 4 is 28.7 Å². The zero-order chi connectivity index (χ0) is 22.9. The predicted octanol–water partition coefficient (Wildman–Crippen LogP) is 1.89. The van der Waals surface area contributed by atoms with Crippen molar-refractivity contribution in [1.82, 2.24) is 25.3 Å². The Morgan fingerprint density at radius 2 is 1.84 bits per heavy atom. The lowest BCUT2D eigenvalue weighted by Gasteiger charge is -2.13. The van der Waals surface area contributed by atoms with E-state index in [0.717, 1.165) is 29.4 Å². The fourth-order valence-electron chi connectivity index (χ4n) is 3.28. The van der Waals surface area contributed by atoms with Gasteiger partial charge >= 0.3 is 5.97 Å². The predicted molar refractivity (Wildman–Crippen MR) is 117 cm³/mol. The number of fused-ring (bicyclic) bond motifs is 1. The lowest BCUT2D eigenvalue weighted by atomic mass is 10.1. The van der Waals surface area contributed by atoms with Gasteiger partial charge in [-0.25, -0.2) is 9.78 Å². The van der Waals surface area contributed by atoms with E-state index in [1.807, 2.05) is 42.6 Å². The number of rotatable bonds is 12. The van der Waals surface area contributed by atoms with E-state index < -0.39 is 17.9 Å². The van der Waals surface area contributed by atoms with Crippen LogP contribution >= 0.6 is 0 Å². The highest BCUT2D eigenvalue weighted by atomic mass is 16.4. The summed E-state index contributed by atoms with van der Waals surface area (Å²) in [6.07, 6.45) is 4.13. The van der Waals surface area contributed by atoms with Crippen molar-refractivity contribution in [2.24, 2.45) is 5.73 Å². The van der Waals surface area contributed by atoms with Gasteiger partial charge in [0.05, 0.1) is 17.4 Å². The van der Waals surface area contributed by atoms with Gasteiger partial charge in [-0.2, -0.15) is 0 Å². The molecule has 2 heterocycles. The van der Waals surface area contributed by atoms with Gasteiger partial charge in [0.25, 0.3) is 0 Å². The van der Waals surface area contributed by atoms with Gasteiger partial charge in [0.1, 0.15) is 11.7 Å². The molecular formula is C22H26N6O4. The first-order valence-electron chi connectivity index (χ1n) is 10.5. The van der Waals surface area contributed by atoms with Gasteiger partial charge in [0.2, 0.25) is 11.8 Å². The van der Waals surface area contributed by atoms with Crippen LogP contribution < -0.4 is 11.1 Å². The Kier molecular flexibility index (Phi) is 7.85. The molecule has 0 radical (unpaired) electrons. The Morgan fingerprint density at radius 3 is 2.62 bits per heavy atom. The standard InChI is InChI=1S/C22H26N6O4/c23-20(29)12-11-18(22(31)32)25-21(30)8-2-1-5-13-28-14-19(26-27-28)17-10-9-15-6-3-4-7-16(15)24-17/h3-4,6-7,9-10,14,18H,1-2,5,8,11-13H2,(H2,23,29)(H,25,30)(H,31,32)/t18-/m0/s1. The zero-order valence-corrected chi connectivity index (χ0v) is 17.6. The monoisotopic (exact) mass is 438 g/mol. The summed E-state index contributed by atoms with van der Waals surface area (Å²) in [7, 11) is 0. The SMILES string of the molecule is NC(=O)CC[C@H](NC(=O)CCCCCn1cc(-c2ccc3ccccc3n2)nn1)C(=O)O. The number of carbonyl (C=O) groups excluding carboxylic acids is 2. The maximum atomic E-state index is 12.0. The number of unbranched alkanes of at least 4 members (excludes halogenated alkanes) is 2. The number of carbonyl (C=O) groups is 3. The molecule has 0 unspecified atom stereocenters. The second-order valence-electron chi connectivity index (χ2n) is 7.53. The topological polar surface area (TPSA) is 153 Å². The van der Waals surface area contributed by atoms with Crippen molar-refractivity contribution in [1.29, 1.82) is 0 Å². The number of para-hydroxylation sites is 1. The van der Waals surface area contributed by atoms with Crippen LogP contribution in [0.5, 0.6) is 0 Å². The van der Waals surface area contributed by atoms with E-state index in [1.54, 1.807) is 4.68 Å². The molecule has 0 fully saturated rings. The number of carboxylic acids is 1. The third-order valence-electron chi connectivity index (χ3n) is 5.00. The quantitative estimate of drug-likeness (QED) is 0.365. The molecule has 1 atom stereocenters. The second kappa shape index (κ2) is 11.0. The van der Waals surface area contributed by atoms with Crippen molar-refractivity contribution in [3.05, 3.63) is 42.6 Å². The first-order valence-corrected chi connectivity index (χ1v) is 10.5. The van der Waals surface area contributed by atoms with Gasteiger partial charge in [-0.05, 0) is 31.4 Å². The van der Waals surface area contributed by atoms with E-state index in [1.165, 1.54) is 0 Å². The van der Waals surface area contributed by atoms with Gasteiger partial charge in [-0.3, -0.25) is 14.3 Å². The molecular weight excluding hydrogens is 412 g/mol. The molecule has 10 nitrogen and oxygen atoms in total. The molecule has 0 aliphatic heterocycles. The number of pyridine rings is 1. The van der Waals surface area contributed by atoms with Crippen LogP contribution in [0.2, 0.25) is 0 Å². The Bertz CT molecular complexity index is 1100. The molecule has 168 valence electrons. The van der Waals surface area contributed by atoms with Gasteiger partial charge in [-0.15, -0.1) is 5.10 Å². The van der Waals surface area contributed by atoms with E-state index in [2.05, 4.69) is 20.6 Å². The minimum atomic E-state index is -1.18. The molecule has 32 heavy (non-hydrogen) atoms. The number of nitrogens with zero attached hydrogens (tertiary/aromatic N) is 4. The summed E-state index contributed by atoms with van der Waals surface area (Å²) in [6.45, 7) is 0.651. The zero-order valence-electron chi connectivity index (χ0n) is 17.6. The molecule has 0 saturated carbocycles.